The summed E-state index contributed by atoms with van der Waals surface area (Å²) in [6, 6.07) is 11.2. The van der Waals surface area contributed by atoms with Crippen molar-refractivity contribution >= 4 is 17.7 Å². The van der Waals surface area contributed by atoms with Crippen LogP contribution in [0.15, 0.2) is 48.5 Å². The fraction of sp³-hybridized carbons (Fsp3) is 0.348. The zero-order valence-corrected chi connectivity index (χ0v) is 17.2. The van der Waals surface area contributed by atoms with Crippen LogP contribution in [0.4, 0.5) is 14.5 Å². The third kappa shape index (κ3) is 8.54. The maximum atomic E-state index is 13.0. The van der Waals surface area contributed by atoms with Gasteiger partial charge < -0.3 is 15.0 Å². The van der Waals surface area contributed by atoms with Gasteiger partial charge in [-0.3, -0.25) is 4.79 Å². The van der Waals surface area contributed by atoms with E-state index in [-0.39, 0.29) is 5.91 Å². The predicted octanol–water partition coefficient (Wildman–Crippen LogP) is 3.24. The maximum Gasteiger partial charge on any atom is 0.248 e. The molecule has 0 radical (unpaired) electrons. The van der Waals surface area contributed by atoms with Gasteiger partial charge >= 0.3 is 0 Å². The third-order valence-electron chi connectivity index (χ3n) is 4.67. The quantitative estimate of drug-likeness (QED) is 0.770. The number of rotatable bonds is 4. The van der Waals surface area contributed by atoms with Gasteiger partial charge in [-0.2, -0.15) is 0 Å². The molecule has 1 saturated heterocycles. The van der Waals surface area contributed by atoms with E-state index in [2.05, 4.69) is 19.4 Å². The SMILES string of the molecule is C[NH+](C)C1CCOCC1.Cc1ccc(NC(=O)/C=C/c2cc(F)cc(F)c2)cc1. The highest BCUT2D eigenvalue weighted by molar-refractivity contribution is 6.01. The summed E-state index contributed by atoms with van der Waals surface area (Å²) in [6.45, 7) is 3.88. The van der Waals surface area contributed by atoms with Crippen LogP contribution in [0.5, 0.6) is 0 Å². The first-order valence-corrected chi connectivity index (χ1v) is 9.73. The lowest BCUT2D eigenvalue weighted by Crippen LogP contribution is -3.10. The van der Waals surface area contributed by atoms with E-state index in [1.807, 2.05) is 19.1 Å². The van der Waals surface area contributed by atoms with Gasteiger partial charge in [0.1, 0.15) is 11.6 Å². The van der Waals surface area contributed by atoms with E-state index >= 15 is 0 Å². The van der Waals surface area contributed by atoms with Crippen molar-refractivity contribution in [1.29, 1.82) is 0 Å². The van der Waals surface area contributed by atoms with Crippen LogP contribution in [-0.4, -0.2) is 39.3 Å². The van der Waals surface area contributed by atoms with Crippen LogP contribution >= 0.6 is 0 Å². The topological polar surface area (TPSA) is 42.8 Å². The van der Waals surface area contributed by atoms with Crippen molar-refractivity contribution in [3.05, 3.63) is 71.3 Å². The molecule has 0 bridgehead atoms. The largest absolute Gasteiger partial charge is 0.381 e. The average Bonchev–Trinajstić information content (AvgIpc) is 2.69. The van der Waals surface area contributed by atoms with E-state index in [1.54, 1.807) is 17.0 Å². The number of quaternary nitrogens is 1. The molecule has 3 rings (SSSR count). The first kappa shape index (κ1) is 22.7. The maximum absolute atomic E-state index is 13.0. The highest BCUT2D eigenvalue weighted by Gasteiger charge is 2.17. The molecular formula is C23H29F2N2O2+. The number of hydrogen-bond donors (Lipinski definition) is 2. The lowest BCUT2D eigenvalue weighted by atomic mass is 10.1. The Kier molecular flexibility index (Phi) is 8.96. The van der Waals surface area contributed by atoms with Gasteiger partial charge in [-0.1, -0.05) is 17.7 Å². The van der Waals surface area contributed by atoms with Gasteiger partial charge in [0.25, 0.3) is 0 Å². The number of carbonyl (C=O) groups excluding carboxylic acids is 1. The molecule has 4 nitrogen and oxygen atoms in total. The number of carbonyl (C=O) groups is 1. The lowest BCUT2D eigenvalue weighted by Gasteiger charge is -2.24. The molecule has 1 amide bonds. The molecule has 29 heavy (non-hydrogen) atoms. The number of nitrogens with one attached hydrogen (secondary N) is 2. The molecule has 0 aromatic heterocycles. The van der Waals surface area contributed by atoms with E-state index in [0.717, 1.165) is 43.0 Å². The highest BCUT2D eigenvalue weighted by atomic mass is 19.1. The summed E-state index contributed by atoms with van der Waals surface area (Å²) in [7, 11) is 4.44. The molecule has 1 aliphatic heterocycles. The second-order valence-corrected chi connectivity index (χ2v) is 7.36. The number of benzene rings is 2. The Morgan fingerprint density at radius 1 is 1.07 bits per heavy atom. The van der Waals surface area contributed by atoms with Crippen molar-refractivity contribution in [2.75, 3.05) is 32.6 Å². The average molecular weight is 403 g/mol. The normalized spacial score (nSPS) is 14.6. The van der Waals surface area contributed by atoms with Crippen molar-refractivity contribution in [2.45, 2.75) is 25.8 Å². The van der Waals surface area contributed by atoms with Crippen LogP contribution in [0, 0.1) is 18.6 Å². The lowest BCUT2D eigenvalue weighted by molar-refractivity contribution is -0.887. The summed E-state index contributed by atoms with van der Waals surface area (Å²) in [5.74, 6) is -1.72. The van der Waals surface area contributed by atoms with E-state index in [4.69, 9.17) is 4.74 Å². The van der Waals surface area contributed by atoms with Crippen LogP contribution in [0.1, 0.15) is 24.0 Å². The molecule has 2 aromatic rings. The summed E-state index contributed by atoms with van der Waals surface area (Å²) < 4.78 is 31.2. The van der Waals surface area contributed by atoms with Crippen molar-refractivity contribution in [3.8, 4) is 0 Å². The molecular weight excluding hydrogens is 374 g/mol. The summed E-state index contributed by atoms with van der Waals surface area (Å²) >= 11 is 0. The van der Waals surface area contributed by atoms with Crippen molar-refractivity contribution in [2.24, 2.45) is 0 Å². The van der Waals surface area contributed by atoms with Crippen LogP contribution < -0.4 is 10.2 Å². The fourth-order valence-corrected chi connectivity index (χ4v) is 2.94. The Morgan fingerprint density at radius 3 is 2.17 bits per heavy atom. The number of halogens is 2. The molecule has 1 fully saturated rings. The Bertz CT molecular complexity index is 794. The van der Waals surface area contributed by atoms with Crippen LogP contribution in [-0.2, 0) is 9.53 Å². The second kappa shape index (κ2) is 11.4. The van der Waals surface area contributed by atoms with Crippen LogP contribution in [0.25, 0.3) is 6.08 Å². The molecule has 156 valence electrons. The molecule has 6 heteroatoms. The van der Waals surface area contributed by atoms with E-state index in [9.17, 15) is 13.6 Å². The highest BCUT2D eigenvalue weighted by Crippen LogP contribution is 2.11. The van der Waals surface area contributed by atoms with Crippen molar-refractivity contribution in [3.63, 3.8) is 0 Å². The Morgan fingerprint density at radius 2 is 1.66 bits per heavy atom. The zero-order chi connectivity index (χ0) is 21.2. The molecule has 0 unspecified atom stereocenters. The van der Waals surface area contributed by atoms with Gasteiger partial charge in [0.05, 0.1) is 33.4 Å². The molecule has 0 saturated carbocycles. The van der Waals surface area contributed by atoms with E-state index in [1.165, 1.54) is 25.0 Å². The Hall–Kier alpha value is -2.57. The number of ether oxygens (including phenoxy) is 1. The number of hydrogen-bond acceptors (Lipinski definition) is 2. The summed E-state index contributed by atoms with van der Waals surface area (Å²) in [5, 5.41) is 2.66. The molecule has 2 N–H and O–H groups in total. The van der Waals surface area contributed by atoms with Gasteiger partial charge in [-0.05, 0) is 42.8 Å². The van der Waals surface area contributed by atoms with Gasteiger partial charge in [0.15, 0.2) is 0 Å². The zero-order valence-electron chi connectivity index (χ0n) is 17.2. The molecule has 0 spiro atoms. The molecule has 2 aromatic carbocycles. The van der Waals surface area contributed by atoms with Crippen LogP contribution in [0.2, 0.25) is 0 Å². The van der Waals surface area contributed by atoms with Crippen molar-refractivity contribution in [1.82, 2.24) is 0 Å². The van der Waals surface area contributed by atoms with E-state index in [0.29, 0.717) is 11.3 Å². The summed E-state index contributed by atoms with van der Waals surface area (Å²) in [6.07, 6.45) is 5.06. The molecule has 1 aliphatic rings. The number of amides is 1. The molecule has 0 atom stereocenters. The van der Waals surface area contributed by atoms with Gasteiger partial charge in [-0.15, -0.1) is 0 Å². The monoisotopic (exact) mass is 403 g/mol. The number of anilines is 1. The van der Waals surface area contributed by atoms with E-state index < -0.39 is 11.6 Å². The second-order valence-electron chi connectivity index (χ2n) is 7.36. The third-order valence-corrected chi connectivity index (χ3v) is 4.67. The Labute approximate surface area is 171 Å². The Balaban J connectivity index is 0.000000278. The minimum Gasteiger partial charge on any atom is -0.381 e. The minimum absolute atomic E-state index is 0.293. The standard InChI is InChI=1S/C16H13F2NO.C7H15NO/c1-11-2-5-15(6-3-11)19-16(20)7-4-12-8-13(17)10-14(18)9-12;1-8(2)7-3-5-9-6-4-7/h2-10H,1H3,(H,19,20);7H,3-6H2,1-2H3/p+1/b7-4+;. The summed E-state index contributed by atoms with van der Waals surface area (Å²) in [4.78, 5) is 13.2. The van der Waals surface area contributed by atoms with Gasteiger partial charge in [0, 0.05) is 30.7 Å². The van der Waals surface area contributed by atoms with Gasteiger partial charge in [0.2, 0.25) is 5.91 Å². The first-order chi connectivity index (χ1) is 13.8. The first-order valence-electron chi connectivity index (χ1n) is 9.73. The van der Waals surface area contributed by atoms with Gasteiger partial charge in [-0.25, -0.2) is 8.78 Å². The van der Waals surface area contributed by atoms with Crippen molar-refractivity contribution < 1.29 is 23.2 Å². The minimum atomic E-state index is -0.677. The molecule has 1 heterocycles. The smallest absolute Gasteiger partial charge is 0.248 e. The van der Waals surface area contributed by atoms with Crippen LogP contribution in [0.3, 0.4) is 0 Å². The summed E-state index contributed by atoms with van der Waals surface area (Å²) in [5.41, 5.74) is 2.05. The number of aryl methyl sites for hydroxylation is 1. The predicted molar refractivity (Wildman–Crippen MR) is 112 cm³/mol. The fourth-order valence-electron chi connectivity index (χ4n) is 2.94. The molecule has 0 aliphatic carbocycles.